The molecule has 1 spiro atoms. The summed E-state index contributed by atoms with van der Waals surface area (Å²) in [4.78, 5) is 27.5. The number of imide groups is 1. The summed E-state index contributed by atoms with van der Waals surface area (Å²) >= 11 is 5.75. The highest BCUT2D eigenvalue weighted by Crippen LogP contribution is 2.37. The van der Waals surface area contributed by atoms with Crippen LogP contribution in [0.3, 0.4) is 0 Å². The maximum absolute atomic E-state index is 12.5. The first-order valence-corrected chi connectivity index (χ1v) is 9.37. The van der Waals surface area contributed by atoms with Gasteiger partial charge >= 0.3 is 6.03 Å². The molecule has 2 unspecified atom stereocenters. The van der Waals surface area contributed by atoms with E-state index in [4.69, 9.17) is 11.6 Å². The maximum atomic E-state index is 12.5. The molecule has 10 heteroatoms. The van der Waals surface area contributed by atoms with Crippen LogP contribution < -0.4 is 15.4 Å². The third kappa shape index (κ3) is 2.87. The summed E-state index contributed by atoms with van der Waals surface area (Å²) in [6, 6.07) is 2.26. The number of halogens is 1. The van der Waals surface area contributed by atoms with Gasteiger partial charge in [0, 0.05) is 12.5 Å². The zero-order chi connectivity index (χ0) is 17.5. The van der Waals surface area contributed by atoms with Gasteiger partial charge in [0.05, 0.1) is 5.69 Å². The number of hydrogen-bond acceptors (Lipinski definition) is 5. The van der Waals surface area contributed by atoms with Crippen molar-refractivity contribution in [2.75, 3.05) is 6.54 Å². The molecule has 2 atom stereocenters. The predicted octanol–water partition coefficient (Wildman–Crippen LogP) is 0.700. The number of sulfonamides is 1. The molecule has 24 heavy (non-hydrogen) atoms. The van der Waals surface area contributed by atoms with Gasteiger partial charge in [0.2, 0.25) is 10.0 Å². The number of urea groups is 1. The van der Waals surface area contributed by atoms with E-state index < -0.39 is 27.5 Å². The molecule has 130 valence electrons. The van der Waals surface area contributed by atoms with Crippen molar-refractivity contribution in [1.29, 1.82) is 0 Å². The molecule has 3 rings (SSSR count). The number of nitrogens with one attached hydrogen (secondary N) is 3. The number of aromatic nitrogens is 1. The summed E-state index contributed by atoms with van der Waals surface area (Å²) in [7, 11) is -3.79. The van der Waals surface area contributed by atoms with Crippen LogP contribution >= 0.6 is 11.6 Å². The van der Waals surface area contributed by atoms with Gasteiger partial charge in [-0.3, -0.25) is 10.1 Å². The average Bonchev–Trinajstić information content (AvgIpc) is 3.00. The van der Waals surface area contributed by atoms with Crippen LogP contribution in [0, 0.1) is 12.8 Å². The van der Waals surface area contributed by atoms with Crippen LogP contribution in [0.15, 0.2) is 17.0 Å². The number of rotatable bonds is 4. The lowest BCUT2D eigenvalue weighted by Crippen LogP contribution is -2.53. The minimum Gasteiger partial charge on any atom is -0.323 e. The fraction of sp³-hybridized carbons (Fsp3) is 0.500. The smallest absolute Gasteiger partial charge is 0.322 e. The quantitative estimate of drug-likeness (QED) is 0.531. The fourth-order valence-corrected chi connectivity index (χ4v) is 4.86. The Labute approximate surface area is 144 Å². The van der Waals surface area contributed by atoms with Crippen molar-refractivity contribution in [2.45, 2.75) is 36.6 Å². The van der Waals surface area contributed by atoms with Gasteiger partial charge in [0.1, 0.15) is 15.6 Å². The topological polar surface area (TPSA) is 117 Å². The lowest BCUT2D eigenvalue weighted by Gasteiger charge is -2.28. The first-order valence-electron chi connectivity index (χ1n) is 7.51. The van der Waals surface area contributed by atoms with Gasteiger partial charge in [0.15, 0.2) is 0 Å². The van der Waals surface area contributed by atoms with Crippen LogP contribution in [0.25, 0.3) is 0 Å². The van der Waals surface area contributed by atoms with E-state index in [0.717, 1.165) is 6.42 Å². The van der Waals surface area contributed by atoms with E-state index in [-0.39, 0.29) is 22.5 Å². The normalized spacial score (nSPS) is 26.7. The van der Waals surface area contributed by atoms with Gasteiger partial charge in [-0.25, -0.2) is 22.9 Å². The molecule has 1 aliphatic carbocycles. The van der Waals surface area contributed by atoms with E-state index >= 15 is 0 Å². The van der Waals surface area contributed by atoms with Crippen molar-refractivity contribution < 1.29 is 18.0 Å². The van der Waals surface area contributed by atoms with Crippen molar-refractivity contribution >= 4 is 33.6 Å². The van der Waals surface area contributed by atoms with E-state index in [9.17, 15) is 18.0 Å². The molecule has 2 aliphatic rings. The standard InChI is InChI=1S/C14H17ClN4O4S/c1-8-10(4-5-11(15)17-8)24(22,23)16-7-9-3-2-6-14(9)12(20)18-13(21)19-14/h4-5,9,16H,2-3,6-7H2,1H3,(H2,18,19,20,21). The molecule has 1 saturated carbocycles. The van der Waals surface area contributed by atoms with Crippen LogP contribution in [0.2, 0.25) is 5.15 Å². The second-order valence-electron chi connectivity index (χ2n) is 6.04. The Hall–Kier alpha value is -1.71. The Morgan fingerprint density at radius 3 is 2.79 bits per heavy atom. The summed E-state index contributed by atoms with van der Waals surface area (Å²) in [5.74, 6) is -0.696. The van der Waals surface area contributed by atoms with Crippen molar-refractivity contribution in [3.05, 3.63) is 23.0 Å². The Morgan fingerprint density at radius 1 is 1.42 bits per heavy atom. The summed E-state index contributed by atoms with van der Waals surface area (Å²) in [6.45, 7) is 1.61. The number of amides is 3. The molecule has 1 aliphatic heterocycles. The van der Waals surface area contributed by atoms with Gasteiger partial charge in [-0.1, -0.05) is 18.0 Å². The third-order valence-corrected chi connectivity index (χ3v) is 6.37. The van der Waals surface area contributed by atoms with Gasteiger partial charge in [0.25, 0.3) is 5.91 Å². The first kappa shape index (κ1) is 17.1. The zero-order valence-corrected chi connectivity index (χ0v) is 14.5. The van der Waals surface area contributed by atoms with Crippen molar-refractivity contribution in [3.63, 3.8) is 0 Å². The number of hydrogen-bond donors (Lipinski definition) is 3. The number of nitrogens with zero attached hydrogens (tertiary/aromatic N) is 1. The highest BCUT2D eigenvalue weighted by atomic mass is 35.5. The maximum Gasteiger partial charge on any atom is 0.322 e. The fourth-order valence-electron chi connectivity index (χ4n) is 3.41. The van der Waals surface area contributed by atoms with E-state index in [1.165, 1.54) is 12.1 Å². The molecule has 0 radical (unpaired) electrons. The summed E-state index contributed by atoms with van der Waals surface area (Å²) < 4.78 is 27.5. The third-order valence-electron chi connectivity index (χ3n) is 4.60. The zero-order valence-electron chi connectivity index (χ0n) is 12.9. The molecular weight excluding hydrogens is 356 g/mol. The summed E-state index contributed by atoms with van der Waals surface area (Å²) in [5.41, 5.74) is -0.726. The monoisotopic (exact) mass is 372 g/mol. The van der Waals surface area contributed by atoms with E-state index in [2.05, 4.69) is 20.3 Å². The molecular formula is C14H17ClN4O4S. The Kier molecular flexibility index (Phi) is 4.27. The largest absolute Gasteiger partial charge is 0.323 e. The Morgan fingerprint density at radius 2 is 2.17 bits per heavy atom. The van der Waals surface area contributed by atoms with Crippen molar-refractivity contribution in [1.82, 2.24) is 20.3 Å². The molecule has 3 N–H and O–H groups in total. The second-order valence-corrected chi connectivity index (χ2v) is 8.16. The lowest BCUT2D eigenvalue weighted by atomic mass is 9.87. The molecule has 8 nitrogen and oxygen atoms in total. The minimum absolute atomic E-state index is 0.0406. The molecule has 2 fully saturated rings. The highest BCUT2D eigenvalue weighted by Gasteiger charge is 2.54. The van der Waals surface area contributed by atoms with Crippen LogP contribution in [0.4, 0.5) is 4.79 Å². The summed E-state index contributed by atoms with van der Waals surface area (Å²) in [6.07, 6.45) is 1.88. The van der Waals surface area contributed by atoms with Crippen molar-refractivity contribution in [2.24, 2.45) is 5.92 Å². The van der Waals surface area contributed by atoms with Crippen LogP contribution in [-0.2, 0) is 14.8 Å². The predicted molar refractivity (Wildman–Crippen MR) is 85.9 cm³/mol. The number of carbonyl (C=O) groups excluding carboxylic acids is 2. The van der Waals surface area contributed by atoms with Gasteiger partial charge in [-0.2, -0.15) is 0 Å². The summed E-state index contributed by atoms with van der Waals surface area (Å²) in [5, 5.41) is 5.11. The molecule has 0 bridgehead atoms. The Bertz CT molecular complexity index is 813. The molecule has 2 heterocycles. The number of aryl methyl sites for hydroxylation is 1. The van der Waals surface area contributed by atoms with Crippen LogP contribution in [-0.4, -0.2) is 37.4 Å². The SMILES string of the molecule is Cc1nc(Cl)ccc1S(=O)(=O)NCC1CCCC12NC(=O)NC2=O. The molecule has 1 aromatic rings. The van der Waals surface area contributed by atoms with Crippen molar-refractivity contribution in [3.8, 4) is 0 Å². The van der Waals surface area contributed by atoms with Gasteiger partial charge in [-0.15, -0.1) is 0 Å². The molecule has 0 aromatic carbocycles. The van der Waals surface area contributed by atoms with Gasteiger partial charge in [-0.05, 0) is 31.9 Å². The van der Waals surface area contributed by atoms with E-state index in [1.807, 2.05) is 0 Å². The minimum atomic E-state index is -3.79. The van der Waals surface area contributed by atoms with Crippen LogP contribution in [0.5, 0.6) is 0 Å². The second kappa shape index (κ2) is 5.98. The van der Waals surface area contributed by atoms with Gasteiger partial charge < -0.3 is 5.32 Å². The lowest BCUT2D eigenvalue weighted by molar-refractivity contribution is -0.125. The van der Waals surface area contributed by atoms with Crippen LogP contribution in [0.1, 0.15) is 25.0 Å². The Balaban J connectivity index is 1.77. The number of pyridine rings is 1. The highest BCUT2D eigenvalue weighted by molar-refractivity contribution is 7.89. The van der Waals surface area contributed by atoms with E-state index in [0.29, 0.717) is 18.5 Å². The molecule has 3 amide bonds. The molecule has 1 aromatic heterocycles. The number of carbonyl (C=O) groups is 2. The van der Waals surface area contributed by atoms with E-state index in [1.54, 1.807) is 6.92 Å². The first-order chi connectivity index (χ1) is 11.2. The molecule has 1 saturated heterocycles. The average molecular weight is 373 g/mol.